The van der Waals surface area contributed by atoms with Crippen LogP contribution in [0.4, 0.5) is 5.69 Å². The second-order valence-corrected chi connectivity index (χ2v) is 10.8. The normalized spacial score (nSPS) is 13.1. The van der Waals surface area contributed by atoms with Crippen LogP contribution in [0, 0.1) is 0 Å². The highest BCUT2D eigenvalue weighted by atomic mass is 16.5. The number of aryl methyl sites for hydroxylation is 1. The Hall–Kier alpha value is -4.82. The number of nitrogens with one attached hydrogen (secondary N) is 2. The van der Waals surface area contributed by atoms with E-state index in [2.05, 4.69) is 39.5 Å². The van der Waals surface area contributed by atoms with Gasteiger partial charge in [-0.15, -0.1) is 0 Å². The van der Waals surface area contributed by atoms with E-state index in [4.69, 9.17) is 14.2 Å². The van der Waals surface area contributed by atoms with Crippen LogP contribution in [-0.2, 0) is 19.4 Å². The summed E-state index contributed by atoms with van der Waals surface area (Å²) in [6, 6.07) is 22.7. The van der Waals surface area contributed by atoms with Crippen molar-refractivity contribution in [1.29, 1.82) is 0 Å². The fourth-order valence-corrected chi connectivity index (χ4v) is 5.95. The van der Waals surface area contributed by atoms with Crippen molar-refractivity contribution in [2.75, 3.05) is 39.7 Å². The van der Waals surface area contributed by atoms with E-state index in [-0.39, 0.29) is 11.3 Å². The first-order valence-corrected chi connectivity index (χ1v) is 14.5. The van der Waals surface area contributed by atoms with Crippen LogP contribution in [0.25, 0.3) is 21.8 Å². The standard InChI is InChI=1S/C35H35N3O5/c1-41-29-11-5-9-27-33(29)37-32-26(34(27)39)8-4-10-28(32)35(40)36-25-14-12-22(13-15-25)7-6-17-38-18-16-23-19-30(42-2)31(43-3)20-24(23)21-38/h4-5,8-15,19-20H,6-7,16-18,21H2,1-3H3,(H,36,40)(H,37,39). The second kappa shape index (κ2) is 12.2. The van der Waals surface area contributed by atoms with Gasteiger partial charge in [0, 0.05) is 29.5 Å². The molecule has 0 saturated heterocycles. The van der Waals surface area contributed by atoms with Gasteiger partial charge in [0.15, 0.2) is 16.9 Å². The number of methoxy groups -OCH3 is 3. The molecule has 6 rings (SSSR count). The van der Waals surface area contributed by atoms with Crippen molar-refractivity contribution in [2.45, 2.75) is 25.8 Å². The van der Waals surface area contributed by atoms with Crippen LogP contribution < -0.4 is 25.0 Å². The summed E-state index contributed by atoms with van der Waals surface area (Å²) in [5.41, 5.74) is 5.85. The molecule has 0 bridgehead atoms. The van der Waals surface area contributed by atoms with Crippen LogP contribution in [0.1, 0.15) is 33.5 Å². The second-order valence-electron chi connectivity index (χ2n) is 10.8. The minimum atomic E-state index is -0.289. The van der Waals surface area contributed by atoms with Gasteiger partial charge in [0.1, 0.15) is 5.75 Å². The molecular weight excluding hydrogens is 542 g/mol. The first-order chi connectivity index (χ1) is 21.0. The van der Waals surface area contributed by atoms with Crippen molar-refractivity contribution in [3.05, 3.63) is 105 Å². The van der Waals surface area contributed by atoms with E-state index in [9.17, 15) is 9.59 Å². The van der Waals surface area contributed by atoms with Crippen molar-refractivity contribution in [3.63, 3.8) is 0 Å². The lowest BCUT2D eigenvalue weighted by Crippen LogP contribution is -2.31. The number of hydrogen-bond acceptors (Lipinski definition) is 6. The summed E-state index contributed by atoms with van der Waals surface area (Å²) >= 11 is 0. The van der Waals surface area contributed by atoms with Crippen molar-refractivity contribution >= 4 is 33.4 Å². The molecule has 0 saturated carbocycles. The van der Waals surface area contributed by atoms with Gasteiger partial charge in [-0.2, -0.15) is 0 Å². The monoisotopic (exact) mass is 577 g/mol. The third-order valence-corrected chi connectivity index (χ3v) is 8.24. The number of rotatable bonds is 9. The summed E-state index contributed by atoms with van der Waals surface area (Å²) in [6.45, 7) is 2.93. The van der Waals surface area contributed by atoms with Crippen molar-refractivity contribution in [2.24, 2.45) is 0 Å². The molecule has 0 unspecified atom stereocenters. The van der Waals surface area contributed by atoms with Gasteiger partial charge < -0.3 is 24.5 Å². The number of aromatic nitrogens is 1. The average Bonchev–Trinajstić information content (AvgIpc) is 3.04. The Morgan fingerprint density at radius 1 is 0.837 bits per heavy atom. The molecule has 8 heteroatoms. The molecule has 0 fully saturated rings. The summed E-state index contributed by atoms with van der Waals surface area (Å²) in [7, 11) is 4.90. The van der Waals surface area contributed by atoms with Gasteiger partial charge in [0.2, 0.25) is 0 Å². The Kier molecular flexibility index (Phi) is 8.03. The van der Waals surface area contributed by atoms with Gasteiger partial charge in [-0.25, -0.2) is 0 Å². The number of benzene rings is 4. The molecule has 0 aliphatic carbocycles. The lowest BCUT2D eigenvalue weighted by Gasteiger charge is -2.29. The number of carbonyl (C=O) groups is 1. The summed E-state index contributed by atoms with van der Waals surface area (Å²) in [6.07, 6.45) is 2.98. The smallest absolute Gasteiger partial charge is 0.257 e. The number of hydrogen-bond donors (Lipinski definition) is 2. The highest BCUT2D eigenvalue weighted by Crippen LogP contribution is 2.33. The number of aromatic amines is 1. The van der Waals surface area contributed by atoms with Gasteiger partial charge in [0.25, 0.3) is 5.91 Å². The van der Waals surface area contributed by atoms with Crippen molar-refractivity contribution in [1.82, 2.24) is 9.88 Å². The highest BCUT2D eigenvalue weighted by Gasteiger charge is 2.19. The first-order valence-electron chi connectivity index (χ1n) is 14.5. The Morgan fingerprint density at radius 2 is 1.51 bits per heavy atom. The SMILES string of the molecule is COc1cc2c(cc1OC)CN(CCCc1ccc(NC(=O)c3cccc4c(=O)c5cccc(OC)c5[nH]c34)cc1)CC2. The summed E-state index contributed by atoms with van der Waals surface area (Å²) in [5.74, 6) is 1.82. The van der Waals surface area contributed by atoms with E-state index in [0.717, 1.165) is 50.4 Å². The van der Waals surface area contributed by atoms with Crippen molar-refractivity contribution in [3.8, 4) is 17.2 Å². The molecule has 220 valence electrons. The van der Waals surface area contributed by atoms with Crippen LogP contribution in [0.15, 0.2) is 77.6 Å². The molecule has 1 aliphatic rings. The summed E-state index contributed by atoms with van der Waals surface area (Å²) in [5, 5.41) is 3.97. The zero-order valence-corrected chi connectivity index (χ0v) is 24.7. The van der Waals surface area contributed by atoms with Gasteiger partial charge in [-0.3, -0.25) is 14.5 Å². The van der Waals surface area contributed by atoms with Gasteiger partial charge in [-0.05, 0) is 91.0 Å². The summed E-state index contributed by atoms with van der Waals surface area (Å²) < 4.78 is 16.4. The predicted molar refractivity (Wildman–Crippen MR) is 170 cm³/mol. The Bertz CT molecular complexity index is 1860. The van der Waals surface area contributed by atoms with E-state index < -0.39 is 0 Å². The van der Waals surface area contributed by atoms with Crippen LogP contribution >= 0.6 is 0 Å². The number of carbonyl (C=O) groups excluding carboxylic acids is 1. The summed E-state index contributed by atoms with van der Waals surface area (Å²) in [4.78, 5) is 32.3. The van der Waals surface area contributed by atoms with E-state index in [1.54, 1.807) is 57.7 Å². The Labute approximate surface area is 250 Å². The van der Waals surface area contributed by atoms with Crippen LogP contribution in [0.2, 0.25) is 0 Å². The predicted octanol–water partition coefficient (Wildman–Crippen LogP) is 5.95. The fourth-order valence-electron chi connectivity index (χ4n) is 5.95. The molecule has 0 spiro atoms. The molecule has 2 heterocycles. The molecule has 1 aliphatic heterocycles. The fraction of sp³-hybridized carbons (Fsp3) is 0.257. The Balaban J connectivity index is 1.09. The minimum absolute atomic E-state index is 0.143. The third-order valence-electron chi connectivity index (χ3n) is 8.24. The molecule has 1 amide bonds. The maximum absolute atomic E-state index is 13.3. The number of H-pyrrole nitrogens is 1. The minimum Gasteiger partial charge on any atom is -0.495 e. The number of fused-ring (bicyclic) bond motifs is 3. The zero-order valence-electron chi connectivity index (χ0n) is 24.7. The van der Waals surface area contributed by atoms with Gasteiger partial charge in [0.05, 0.1) is 37.9 Å². The number of anilines is 1. The van der Waals surface area contributed by atoms with Crippen molar-refractivity contribution < 1.29 is 19.0 Å². The highest BCUT2D eigenvalue weighted by molar-refractivity contribution is 6.13. The maximum atomic E-state index is 13.3. The average molecular weight is 578 g/mol. The maximum Gasteiger partial charge on any atom is 0.257 e. The largest absolute Gasteiger partial charge is 0.495 e. The number of ether oxygens (including phenoxy) is 3. The van der Waals surface area contributed by atoms with E-state index in [0.29, 0.717) is 38.8 Å². The molecule has 8 nitrogen and oxygen atoms in total. The number of nitrogens with zero attached hydrogens (tertiary/aromatic N) is 1. The van der Waals surface area contributed by atoms with E-state index in [1.165, 1.54) is 16.7 Å². The quantitative estimate of drug-likeness (QED) is 0.210. The lowest BCUT2D eigenvalue weighted by atomic mass is 9.98. The van der Waals surface area contributed by atoms with Crippen LogP contribution in [0.5, 0.6) is 17.2 Å². The van der Waals surface area contributed by atoms with Crippen LogP contribution in [-0.4, -0.2) is 50.2 Å². The van der Waals surface area contributed by atoms with Gasteiger partial charge >= 0.3 is 0 Å². The lowest BCUT2D eigenvalue weighted by molar-refractivity contribution is 0.102. The third kappa shape index (κ3) is 5.66. The topological polar surface area (TPSA) is 92.9 Å². The number of pyridine rings is 1. The number of amides is 1. The van der Waals surface area contributed by atoms with E-state index in [1.807, 2.05) is 12.1 Å². The van der Waals surface area contributed by atoms with E-state index >= 15 is 0 Å². The molecule has 0 atom stereocenters. The molecule has 4 aromatic carbocycles. The molecular formula is C35H35N3O5. The molecule has 43 heavy (non-hydrogen) atoms. The first kappa shape index (κ1) is 28.3. The molecule has 1 aromatic heterocycles. The van der Waals surface area contributed by atoms with Crippen LogP contribution in [0.3, 0.4) is 0 Å². The Morgan fingerprint density at radius 3 is 2.23 bits per heavy atom. The number of para-hydroxylation sites is 2. The molecule has 2 N–H and O–H groups in total. The molecule has 0 radical (unpaired) electrons. The molecule has 5 aromatic rings. The zero-order chi connectivity index (χ0) is 29.9. The van der Waals surface area contributed by atoms with Gasteiger partial charge in [-0.1, -0.05) is 24.3 Å².